The van der Waals surface area contributed by atoms with Crippen molar-refractivity contribution in [3.8, 4) is 0 Å². The lowest BCUT2D eigenvalue weighted by Gasteiger charge is -2.27. The van der Waals surface area contributed by atoms with Gasteiger partial charge >= 0.3 is 0 Å². The Morgan fingerprint density at radius 1 is 1.04 bits per heavy atom. The lowest BCUT2D eigenvalue weighted by Crippen LogP contribution is -2.38. The monoisotopic (exact) mass is 383 g/mol. The Labute approximate surface area is 163 Å². The molecule has 142 valence electrons. The second-order valence-electron chi connectivity index (χ2n) is 7.81. The van der Waals surface area contributed by atoms with E-state index in [1.54, 1.807) is 10.7 Å². The molecule has 7 heteroatoms. The summed E-state index contributed by atoms with van der Waals surface area (Å²) in [5.74, 6) is 2.98. The van der Waals surface area contributed by atoms with E-state index < -0.39 is 0 Å². The second kappa shape index (κ2) is 7.26. The van der Waals surface area contributed by atoms with Crippen molar-refractivity contribution in [2.45, 2.75) is 63.3 Å². The van der Waals surface area contributed by atoms with Crippen LogP contribution >= 0.6 is 11.8 Å². The van der Waals surface area contributed by atoms with Crippen molar-refractivity contribution in [1.29, 1.82) is 0 Å². The van der Waals surface area contributed by atoms with Gasteiger partial charge in [0.2, 0.25) is 0 Å². The normalized spacial score (nSPS) is 21.8. The molecule has 0 bridgehead atoms. The van der Waals surface area contributed by atoms with Crippen LogP contribution in [0.15, 0.2) is 16.9 Å². The highest BCUT2D eigenvalue weighted by atomic mass is 32.2. The number of thioether (sulfide) groups is 1. The first-order valence-corrected chi connectivity index (χ1v) is 11.2. The molecular weight excluding hydrogens is 358 g/mol. The Kier molecular flexibility index (Phi) is 4.63. The largest absolute Gasteiger partial charge is 0.350 e. The van der Waals surface area contributed by atoms with E-state index in [1.807, 2.05) is 11.8 Å². The van der Waals surface area contributed by atoms with Gasteiger partial charge in [0.25, 0.3) is 5.56 Å². The third-order valence-electron chi connectivity index (χ3n) is 6.02. The number of rotatable bonds is 3. The molecular formula is C20H25N5OS. The highest BCUT2D eigenvalue weighted by Gasteiger charge is 2.28. The molecule has 2 aliphatic heterocycles. The zero-order valence-electron chi connectivity index (χ0n) is 15.6. The van der Waals surface area contributed by atoms with Crippen LogP contribution in [0.1, 0.15) is 48.2 Å². The summed E-state index contributed by atoms with van der Waals surface area (Å²) in [6.45, 7) is 1.62. The highest BCUT2D eigenvalue weighted by molar-refractivity contribution is 7.98. The van der Waals surface area contributed by atoms with Gasteiger partial charge in [-0.25, -0.2) is 4.68 Å². The maximum absolute atomic E-state index is 12.6. The lowest BCUT2D eigenvalue weighted by molar-refractivity contribution is 0.478. The lowest BCUT2D eigenvalue weighted by atomic mass is 9.97. The van der Waals surface area contributed by atoms with Crippen LogP contribution in [0, 0.1) is 0 Å². The fraction of sp³-hybridized carbons (Fsp3) is 0.600. The minimum Gasteiger partial charge on any atom is -0.350 e. The van der Waals surface area contributed by atoms with Gasteiger partial charge in [-0.3, -0.25) is 4.79 Å². The third kappa shape index (κ3) is 3.37. The molecule has 0 saturated carbocycles. The van der Waals surface area contributed by atoms with E-state index in [-0.39, 0.29) is 11.6 Å². The Balaban J connectivity index is 1.40. The number of aromatic nitrogens is 4. The number of anilines is 1. The molecule has 1 aliphatic carbocycles. The fourth-order valence-electron chi connectivity index (χ4n) is 4.53. The van der Waals surface area contributed by atoms with Gasteiger partial charge in [0.15, 0.2) is 5.82 Å². The van der Waals surface area contributed by atoms with E-state index >= 15 is 0 Å². The van der Waals surface area contributed by atoms with Gasteiger partial charge in [-0.1, -0.05) is 0 Å². The summed E-state index contributed by atoms with van der Waals surface area (Å²) >= 11 is 1.88. The van der Waals surface area contributed by atoms with Crippen LogP contribution < -0.4 is 10.5 Å². The van der Waals surface area contributed by atoms with E-state index in [2.05, 4.69) is 21.2 Å². The van der Waals surface area contributed by atoms with Crippen molar-refractivity contribution < 1.29 is 0 Å². The van der Waals surface area contributed by atoms with Gasteiger partial charge in [-0.05, 0) is 61.5 Å². The topological polar surface area (TPSA) is 63.9 Å². The van der Waals surface area contributed by atoms with Crippen molar-refractivity contribution in [2.24, 2.45) is 0 Å². The number of fused-ring (bicyclic) bond motifs is 2. The van der Waals surface area contributed by atoms with Crippen LogP contribution in [-0.4, -0.2) is 38.3 Å². The van der Waals surface area contributed by atoms with Crippen molar-refractivity contribution in [2.75, 3.05) is 17.2 Å². The van der Waals surface area contributed by atoms with Crippen LogP contribution in [0.4, 0.5) is 5.82 Å². The standard InChI is InChI=1S/C20H25N5OS/c26-20-11-15-13-27-9-7-18(15)23-25(20)12-16-5-3-8-24(16)19-10-14-4-1-2-6-17(14)21-22-19/h10-11,16H,1-9,12-13H2. The summed E-state index contributed by atoms with van der Waals surface area (Å²) in [7, 11) is 0. The number of nitrogens with zero attached hydrogens (tertiary/aromatic N) is 5. The molecule has 3 aliphatic rings. The first kappa shape index (κ1) is 17.2. The molecule has 1 fully saturated rings. The van der Waals surface area contributed by atoms with E-state index in [0.717, 1.165) is 67.2 Å². The van der Waals surface area contributed by atoms with Gasteiger partial charge in [-0.2, -0.15) is 22.0 Å². The van der Waals surface area contributed by atoms with E-state index in [1.165, 1.54) is 24.1 Å². The first-order valence-electron chi connectivity index (χ1n) is 10.1. The van der Waals surface area contributed by atoms with Crippen LogP contribution in [0.3, 0.4) is 0 Å². The minimum absolute atomic E-state index is 0.0274. The molecule has 2 aromatic rings. The van der Waals surface area contributed by atoms with E-state index in [0.29, 0.717) is 6.54 Å². The molecule has 27 heavy (non-hydrogen) atoms. The molecule has 0 aromatic carbocycles. The van der Waals surface area contributed by atoms with Crippen LogP contribution in [0.2, 0.25) is 0 Å². The molecule has 1 atom stereocenters. The summed E-state index contributed by atoms with van der Waals surface area (Å²) in [6, 6.07) is 4.30. The van der Waals surface area contributed by atoms with Crippen LogP contribution in [-0.2, 0) is 31.6 Å². The SMILES string of the molecule is O=c1cc2c(nn1CC1CCCN1c1cc3c(nn1)CCCC3)CCSC2. The summed E-state index contributed by atoms with van der Waals surface area (Å²) < 4.78 is 1.68. The minimum atomic E-state index is 0.0274. The summed E-state index contributed by atoms with van der Waals surface area (Å²) in [5, 5.41) is 13.7. The van der Waals surface area contributed by atoms with E-state index in [9.17, 15) is 4.79 Å². The molecule has 4 heterocycles. The van der Waals surface area contributed by atoms with Crippen LogP contribution in [0.25, 0.3) is 0 Å². The molecule has 6 nitrogen and oxygen atoms in total. The second-order valence-corrected chi connectivity index (χ2v) is 8.92. The molecule has 0 radical (unpaired) electrons. The number of aryl methyl sites for hydroxylation is 3. The van der Waals surface area contributed by atoms with Gasteiger partial charge in [0.05, 0.1) is 24.0 Å². The Morgan fingerprint density at radius 2 is 1.96 bits per heavy atom. The Morgan fingerprint density at radius 3 is 2.93 bits per heavy atom. The van der Waals surface area contributed by atoms with Gasteiger partial charge in [0, 0.05) is 24.8 Å². The van der Waals surface area contributed by atoms with Crippen LogP contribution in [0.5, 0.6) is 0 Å². The summed E-state index contributed by atoms with van der Waals surface area (Å²) in [5.41, 5.74) is 4.78. The molecule has 0 amide bonds. The molecule has 1 unspecified atom stereocenters. The van der Waals surface area contributed by atoms with Crippen molar-refractivity contribution in [3.63, 3.8) is 0 Å². The summed E-state index contributed by atoms with van der Waals surface area (Å²) in [4.78, 5) is 14.9. The fourth-order valence-corrected chi connectivity index (χ4v) is 5.48. The van der Waals surface area contributed by atoms with Crippen molar-refractivity contribution in [1.82, 2.24) is 20.0 Å². The van der Waals surface area contributed by atoms with E-state index in [4.69, 9.17) is 5.10 Å². The quantitative estimate of drug-likeness (QED) is 0.811. The maximum Gasteiger partial charge on any atom is 0.267 e. The van der Waals surface area contributed by atoms with Crippen molar-refractivity contribution >= 4 is 17.6 Å². The molecule has 2 aromatic heterocycles. The zero-order chi connectivity index (χ0) is 18.2. The first-order chi connectivity index (χ1) is 13.3. The molecule has 0 spiro atoms. The predicted molar refractivity (Wildman–Crippen MR) is 107 cm³/mol. The van der Waals surface area contributed by atoms with Gasteiger partial charge in [-0.15, -0.1) is 5.10 Å². The molecule has 0 N–H and O–H groups in total. The smallest absolute Gasteiger partial charge is 0.267 e. The maximum atomic E-state index is 12.6. The number of hydrogen-bond acceptors (Lipinski definition) is 6. The summed E-state index contributed by atoms with van der Waals surface area (Å²) in [6.07, 6.45) is 7.79. The van der Waals surface area contributed by atoms with Crippen molar-refractivity contribution in [3.05, 3.63) is 45.0 Å². The number of hydrogen-bond donors (Lipinski definition) is 0. The van der Waals surface area contributed by atoms with Gasteiger partial charge in [0.1, 0.15) is 0 Å². The molecule has 1 saturated heterocycles. The Bertz CT molecular complexity index is 912. The zero-order valence-corrected chi connectivity index (χ0v) is 16.4. The molecule has 5 rings (SSSR count). The van der Waals surface area contributed by atoms with Gasteiger partial charge < -0.3 is 4.90 Å². The highest BCUT2D eigenvalue weighted by Crippen LogP contribution is 2.28. The Hall–Kier alpha value is -1.89. The average molecular weight is 384 g/mol. The predicted octanol–water partition coefficient (Wildman–Crippen LogP) is 2.37. The average Bonchev–Trinajstić information content (AvgIpc) is 3.16. The third-order valence-corrected chi connectivity index (χ3v) is 7.02.